The fourth-order valence-electron chi connectivity index (χ4n) is 2.12. The minimum absolute atomic E-state index is 0.00644. The zero-order valence-corrected chi connectivity index (χ0v) is 19.8. The van der Waals surface area contributed by atoms with Gasteiger partial charge in [0.25, 0.3) is 0 Å². The Balaban J connectivity index is 4.46. The highest BCUT2D eigenvalue weighted by molar-refractivity contribution is 8.47. The van der Waals surface area contributed by atoms with Crippen LogP contribution in [-0.4, -0.2) is 55.1 Å². The number of carbonyl (C=O) groups excluding carboxylic acids is 1. The second kappa shape index (κ2) is 13.5. The lowest BCUT2D eigenvalue weighted by Crippen LogP contribution is -2.47. The number of amides is 1. The Bertz CT molecular complexity index is 394. The third-order valence-electron chi connectivity index (χ3n) is 3.19. The maximum absolute atomic E-state index is 12.4. The standard InChI is InChI=1S/C16H33NO4S3Si/c1-7-19-25(20-8-2,21-9-3)13-11-12-17-14(18)16(5,6)24-15(22)23-10-4/h7-13H2,1-6H3,(H,17,18). The second-order valence-corrected chi connectivity index (χ2v) is 12.5. The van der Waals surface area contributed by atoms with E-state index in [4.69, 9.17) is 25.5 Å². The average Bonchev–Trinajstić information content (AvgIpc) is 2.51. The minimum atomic E-state index is -2.63. The van der Waals surface area contributed by atoms with Crippen LogP contribution in [0.4, 0.5) is 0 Å². The van der Waals surface area contributed by atoms with Crippen molar-refractivity contribution in [3.63, 3.8) is 0 Å². The van der Waals surface area contributed by atoms with E-state index >= 15 is 0 Å². The molecule has 1 amide bonds. The number of hydrogen-bond acceptors (Lipinski definition) is 7. The van der Waals surface area contributed by atoms with Crippen LogP contribution in [0.25, 0.3) is 0 Å². The van der Waals surface area contributed by atoms with Gasteiger partial charge in [0.05, 0.1) is 4.75 Å². The molecule has 0 aromatic carbocycles. The van der Waals surface area contributed by atoms with Gasteiger partial charge in [0.15, 0.2) is 0 Å². The molecule has 0 aliphatic carbocycles. The second-order valence-electron chi connectivity index (χ2n) is 5.64. The van der Waals surface area contributed by atoms with Crippen LogP contribution in [-0.2, 0) is 18.1 Å². The van der Waals surface area contributed by atoms with Gasteiger partial charge in [-0.15, -0.1) is 11.8 Å². The van der Waals surface area contributed by atoms with Crippen LogP contribution in [0.3, 0.4) is 0 Å². The van der Waals surface area contributed by atoms with E-state index in [1.165, 1.54) is 11.8 Å². The summed E-state index contributed by atoms with van der Waals surface area (Å²) in [4.78, 5) is 12.4. The smallest absolute Gasteiger partial charge is 0.374 e. The van der Waals surface area contributed by atoms with Crippen molar-refractivity contribution in [2.75, 3.05) is 32.1 Å². The van der Waals surface area contributed by atoms with Gasteiger partial charge in [0, 0.05) is 32.4 Å². The van der Waals surface area contributed by atoms with Gasteiger partial charge in [-0.05, 0) is 46.8 Å². The molecule has 0 saturated heterocycles. The van der Waals surface area contributed by atoms with Gasteiger partial charge in [-0.2, -0.15) is 0 Å². The highest BCUT2D eigenvalue weighted by atomic mass is 32.2. The lowest BCUT2D eigenvalue weighted by atomic mass is 10.2. The number of hydrogen-bond donors (Lipinski definition) is 1. The first-order valence-corrected chi connectivity index (χ1v) is 13.0. The molecule has 0 aromatic rings. The number of nitrogens with one attached hydrogen (secondary N) is 1. The Kier molecular flexibility index (Phi) is 13.7. The van der Waals surface area contributed by atoms with Gasteiger partial charge in [-0.3, -0.25) is 4.79 Å². The van der Waals surface area contributed by atoms with Crippen molar-refractivity contribution in [3.05, 3.63) is 0 Å². The normalized spacial score (nSPS) is 12.2. The molecule has 0 unspecified atom stereocenters. The van der Waals surface area contributed by atoms with Crippen LogP contribution in [0.5, 0.6) is 0 Å². The molecule has 1 N–H and O–H groups in total. The zero-order chi connectivity index (χ0) is 19.3. The third-order valence-corrected chi connectivity index (χ3v) is 8.93. The summed E-state index contributed by atoms with van der Waals surface area (Å²) in [6.45, 7) is 13.9. The topological polar surface area (TPSA) is 56.8 Å². The van der Waals surface area contributed by atoms with Gasteiger partial charge in [0.2, 0.25) is 5.91 Å². The van der Waals surface area contributed by atoms with Crippen molar-refractivity contribution in [1.29, 1.82) is 0 Å². The molecule has 0 atom stereocenters. The highest BCUT2D eigenvalue weighted by Gasteiger charge is 2.39. The molecule has 0 bridgehead atoms. The molecule has 0 saturated carbocycles. The molecule has 0 aliphatic heterocycles. The molecule has 0 aliphatic rings. The van der Waals surface area contributed by atoms with E-state index < -0.39 is 13.6 Å². The van der Waals surface area contributed by atoms with Crippen molar-refractivity contribution in [3.8, 4) is 0 Å². The Hall–Kier alpha value is 0.357. The Morgan fingerprint density at radius 1 is 1.08 bits per heavy atom. The Morgan fingerprint density at radius 3 is 2.04 bits per heavy atom. The number of carbonyl (C=O) groups is 1. The van der Waals surface area contributed by atoms with Crippen molar-refractivity contribution in [2.24, 2.45) is 0 Å². The SMILES string of the molecule is CCO[Si](CCCNC(=O)C(C)(C)SC(=S)SCC)(OCC)OCC. The molecule has 0 aromatic heterocycles. The van der Waals surface area contributed by atoms with E-state index in [9.17, 15) is 4.79 Å². The average molecular weight is 428 g/mol. The predicted molar refractivity (Wildman–Crippen MR) is 115 cm³/mol. The summed E-state index contributed by atoms with van der Waals surface area (Å²) in [7, 11) is -2.63. The number of thiocarbonyl (C=S) groups is 1. The molecule has 0 fully saturated rings. The van der Waals surface area contributed by atoms with Gasteiger partial charge >= 0.3 is 8.80 Å². The molecule has 25 heavy (non-hydrogen) atoms. The van der Waals surface area contributed by atoms with Gasteiger partial charge in [-0.25, -0.2) is 0 Å². The van der Waals surface area contributed by atoms with E-state index in [2.05, 4.69) is 12.2 Å². The maximum atomic E-state index is 12.4. The summed E-state index contributed by atoms with van der Waals surface area (Å²) in [5.74, 6) is 0.913. The van der Waals surface area contributed by atoms with Crippen LogP contribution in [0.1, 0.15) is 48.0 Å². The van der Waals surface area contributed by atoms with Gasteiger partial charge in [0.1, 0.15) is 3.53 Å². The summed E-state index contributed by atoms with van der Waals surface area (Å²) in [6, 6.07) is 0.695. The molecule has 0 radical (unpaired) electrons. The molecular weight excluding hydrogens is 394 g/mol. The summed E-state index contributed by atoms with van der Waals surface area (Å²) in [5, 5.41) is 3.00. The van der Waals surface area contributed by atoms with Crippen LogP contribution >= 0.6 is 35.7 Å². The summed E-state index contributed by atoms with van der Waals surface area (Å²) < 4.78 is 17.7. The molecule has 0 heterocycles. The zero-order valence-electron chi connectivity index (χ0n) is 16.3. The predicted octanol–water partition coefficient (Wildman–Crippen LogP) is 4.09. The highest BCUT2D eigenvalue weighted by Crippen LogP contribution is 2.31. The first-order chi connectivity index (χ1) is 11.8. The van der Waals surface area contributed by atoms with Crippen molar-refractivity contribution in [1.82, 2.24) is 5.32 Å². The lowest BCUT2D eigenvalue weighted by Gasteiger charge is -2.28. The molecule has 148 valence electrons. The number of thioether (sulfide) groups is 2. The van der Waals surface area contributed by atoms with Gasteiger partial charge in [-0.1, -0.05) is 30.9 Å². The van der Waals surface area contributed by atoms with E-state index in [1.54, 1.807) is 11.8 Å². The van der Waals surface area contributed by atoms with Gasteiger partial charge < -0.3 is 18.6 Å². The van der Waals surface area contributed by atoms with E-state index in [0.717, 1.165) is 15.7 Å². The Morgan fingerprint density at radius 2 is 1.60 bits per heavy atom. The van der Waals surface area contributed by atoms with Crippen LogP contribution < -0.4 is 5.32 Å². The van der Waals surface area contributed by atoms with Crippen LogP contribution in [0.15, 0.2) is 0 Å². The van der Waals surface area contributed by atoms with Crippen molar-refractivity contribution in [2.45, 2.75) is 58.8 Å². The lowest BCUT2D eigenvalue weighted by molar-refractivity contribution is -0.122. The van der Waals surface area contributed by atoms with Crippen molar-refractivity contribution >= 4 is 54.0 Å². The van der Waals surface area contributed by atoms with Crippen molar-refractivity contribution < 1.29 is 18.1 Å². The molecule has 0 spiro atoms. The van der Waals surface area contributed by atoms with Crippen LogP contribution in [0.2, 0.25) is 6.04 Å². The minimum Gasteiger partial charge on any atom is -0.374 e. The molecular formula is C16H33NO4S3Si. The first-order valence-electron chi connectivity index (χ1n) is 8.82. The summed E-state index contributed by atoms with van der Waals surface area (Å²) >= 11 is 8.33. The maximum Gasteiger partial charge on any atom is 0.500 e. The monoisotopic (exact) mass is 427 g/mol. The number of rotatable bonds is 13. The molecule has 9 heteroatoms. The van der Waals surface area contributed by atoms with E-state index in [0.29, 0.717) is 32.4 Å². The fourth-order valence-corrected chi connectivity index (χ4v) is 7.75. The first kappa shape index (κ1) is 25.4. The Labute approximate surface area is 168 Å². The quantitative estimate of drug-likeness (QED) is 0.270. The summed E-state index contributed by atoms with van der Waals surface area (Å²) in [5.41, 5.74) is 0. The third kappa shape index (κ3) is 10.3. The van der Waals surface area contributed by atoms with Crippen LogP contribution in [0, 0.1) is 0 Å². The largest absolute Gasteiger partial charge is 0.500 e. The molecule has 5 nitrogen and oxygen atoms in total. The fraction of sp³-hybridized carbons (Fsp3) is 0.875. The van der Waals surface area contributed by atoms with E-state index in [1.807, 2.05) is 34.6 Å². The summed E-state index contributed by atoms with van der Waals surface area (Å²) in [6.07, 6.45) is 0.757. The molecule has 0 rings (SSSR count). The van der Waals surface area contributed by atoms with E-state index in [-0.39, 0.29) is 5.91 Å².